The van der Waals surface area contributed by atoms with Gasteiger partial charge in [-0.2, -0.15) is 0 Å². The summed E-state index contributed by atoms with van der Waals surface area (Å²) < 4.78 is 0. The molecule has 100 valence electrons. The molecule has 0 aliphatic rings. The number of rotatable bonds is 3. The van der Waals surface area contributed by atoms with E-state index in [0.29, 0.717) is 37.4 Å². The van der Waals surface area contributed by atoms with E-state index in [1.54, 1.807) is 18.2 Å². The van der Waals surface area contributed by atoms with Crippen LogP contribution in [0.15, 0.2) is 24.3 Å². The Labute approximate surface area is 129 Å². The van der Waals surface area contributed by atoms with Gasteiger partial charge in [0.15, 0.2) is 11.6 Å². The molecule has 0 fully saturated rings. The first kappa shape index (κ1) is 14.5. The fraction of sp³-hybridized carbons (Fsp3) is 0. The molecule has 0 radical (unpaired) electrons. The summed E-state index contributed by atoms with van der Waals surface area (Å²) in [7, 11) is 0. The minimum Gasteiger partial charge on any atom is -0.338 e. The topological polar surface area (TPSA) is 63.0 Å². The Hall–Kier alpha value is -0.910. The van der Waals surface area contributed by atoms with Crippen molar-refractivity contribution in [1.29, 1.82) is 0 Å². The molecule has 1 aromatic heterocycles. The Morgan fingerprint density at radius 2 is 1.63 bits per heavy atom. The van der Waals surface area contributed by atoms with Crippen LogP contribution in [0.25, 0.3) is 0 Å². The molecule has 1 heterocycles. The molecule has 0 amide bonds. The maximum Gasteiger partial charge on any atom is 0.161 e. The third kappa shape index (κ3) is 3.16. The molecule has 0 unspecified atom stereocenters. The molecule has 0 saturated carbocycles. The number of hydrogen-bond donors (Lipinski definition) is 3. The first-order valence-electron chi connectivity index (χ1n) is 5.06. The molecule has 0 spiro atoms. The summed E-state index contributed by atoms with van der Waals surface area (Å²) in [5, 5.41) is 4.42. The van der Waals surface area contributed by atoms with Crippen molar-refractivity contribution in [2.75, 3.05) is 10.7 Å². The zero-order valence-corrected chi connectivity index (χ0v) is 12.4. The van der Waals surface area contributed by atoms with Crippen LogP contribution in [0, 0.1) is 0 Å². The van der Waals surface area contributed by atoms with Crippen LogP contribution in [0.5, 0.6) is 0 Å². The van der Waals surface area contributed by atoms with Crippen LogP contribution in [0.1, 0.15) is 0 Å². The average molecular weight is 338 g/mol. The van der Waals surface area contributed by atoms with E-state index in [1.807, 2.05) is 0 Å². The summed E-state index contributed by atoms with van der Waals surface area (Å²) in [5.41, 5.74) is 2.95. The largest absolute Gasteiger partial charge is 0.338 e. The lowest BCUT2D eigenvalue weighted by atomic mass is 10.3. The maximum absolute atomic E-state index is 6.07. The number of nitrogens with two attached hydrogens (primary N) is 1. The second-order valence-corrected chi connectivity index (χ2v) is 5.12. The predicted molar refractivity (Wildman–Crippen MR) is 81.8 cm³/mol. The van der Waals surface area contributed by atoms with Gasteiger partial charge in [-0.1, -0.05) is 52.5 Å². The standard InChI is InChI=1S/C11H8Cl4N4/c12-5-2-1-3-8(9(5)15)17-10-6(13)4-7(14)11(18-10)19-16/h1-4H,16H2,(H2,17,18,19). The molecule has 0 aliphatic heterocycles. The van der Waals surface area contributed by atoms with Crippen molar-refractivity contribution in [1.82, 2.24) is 4.98 Å². The zero-order chi connectivity index (χ0) is 14.0. The van der Waals surface area contributed by atoms with Gasteiger partial charge in [-0.25, -0.2) is 10.8 Å². The summed E-state index contributed by atoms with van der Waals surface area (Å²) in [6.07, 6.45) is 0. The van der Waals surface area contributed by atoms with Crippen LogP contribution in [0.2, 0.25) is 20.1 Å². The third-order valence-corrected chi connectivity index (χ3v) is 3.67. The molecule has 8 heteroatoms. The fourth-order valence-electron chi connectivity index (χ4n) is 1.38. The SMILES string of the molecule is NNc1nc(Nc2cccc(Cl)c2Cl)c(Cl)cc1Cl. The van der Waals surface area contributed by atoms with Gasteiger partial charge in [-0.3, -0.25) is 0 Å². The van der Waals surface area contributed by atoms with Crippen LogP contribution < -0.4 is 16.6 Å². The van der Waals surface area contributed by atoms with E-state index in [9.17, 15) is 0 Å². The van der Waals surface area contributed by atoms with Gasteiger partial charge in [-0.15, -0.1) is 0 Å². The smallest absolute Gasteiger partial charge is 0.161 e. The molecule has 4 nitrogen and oxygen atoms in total. The van der Waals surface area contributed by atoms with Gasteiger partial charge in [0.25, 0.3) is 0 Å². The molecular weight excluding hydrogens is 330 g/mol. The fourth-order valence-corrected chi connectivity index (χ4v) is 2.19. The van der Waals surface area contributed by atoms with Gasteiger partial charge < -0.3 is 10.7 Å². The molecule has 0 atom stereocenters. The van der Waals surface area contributed by atoms with Crippen LogP contribution in [-0.2, 0) is 0 Å². The third-order valence-electron chi connectivity index (χ3n) is 2.27. The first-order valence-corrected chi connectivity index (χ1v) is 6.58. The molecule has 19 heavy (non-hydrogen) atoms. The van der Waals surface area contributed by atoms with Gasteiger partial charge >= 0.3 is 0 Å². The summed E-state index contributed by atoms with van der Waals surface area (Å²) >= 11 is 23.9. The molecule has 0 saturated heterocycles. The van der Waals surface area contributed by atoms with Crippen molar-refractivity contribution in [3.05, 3.63) is 44.4 Å². The second-order valence-electron chi connectivity index (χ2n) is 3.52. The Morgan fingerprint density at radius 1 is 0.947 bits per heavy atom. The maximum atomic E-state index is 6.07. The monoisotopic (exact) mass is 336 g/mol. The normalized spacial score (nSPS) is 10.4. The number of pyridine rings is 1. The Kier molecular flexibility index (Phi) is 4.60. The Balaban J connectivity index is 2.41. The number of nitrogens with zero attached hydrogens (tertiary/aromatic N) is 1. The minimum absolute atomic E-state index is 0.298. The van der Waals surface area contributed by atoms with Crippen LogP contribution in [0.3, 0.4) is 0 Å². The molecule has 0 aliphatic carbocycles. The van der Waals surface area contributed by atoms with E-state index in [-0.39, 0.29) is 0 Å². The van der Waals surface area contributed by atoms with E-state index in [4.69, 9.17) is 52.2 Å². The van der Waals surface area contributed by atoms with E-state index >= 15 is 0 Å². The van der Waals surface area contributed by atoms with E-state index in [2.05, 4.69) is 15.7 Å². The highest BCUT2D eigenvalue weighted by molar-refractivity contribution is 6.44. The van der Waals surface area contributed by atoms with Crippen LogP contribution >= 0.6 is 46.4 Å². The summed E-state index contributed by atoms with van der Waals surface area (Å²) in [6.45, 7) is 0. The Morgan fingerprint density at radius 3 is 2.32 bits per heavy atom. The molecule has 4 N–H and O–H groups in total. The zero-order valence-electron chi connectivity index (χ0n) is 9.35. The summed E-state index contributed by atoms with van der Waals surface area (Å²) in [6, 6.07) is 6.70. The predicted octanol–water partition coefficient (Wildman–Crippen LogP) is 4.72. The lowest BCUT2D eigenvalue weighted by Crippen LogP contribution is -2.10. The number of halogens is 4. The quantitative estimate of drug-likeness (QED) is 0.560. The molecule has 0 bridgehead atoms. The van der Waals surface area contributed by atoms with E-state index in [1.165, 1.54) is 6.07 Å². The molecule has 2 rings (SSSR count). The highest BCUT2D eigenvalue weighted by Crippen LogP contribution is 2.35. The van der Waals surface area contributed by atoms with Crippen molar-refractivity contribution in [2.24, 2.45) is 5.84 Å². The van der Waals surface area contributed by atoms with Crippen molar-refractivity contribution in [3.63, 3.8) is 0 Å². The number of anilines is 3. The van der Waals surface area contributed by atoms with Crippen LogP contribution in [0.4, 0.5) is 17.3 Å². The Bertz CT molecular complexity index is 618. The number of nitrogens with one attached hydrogen (secondary N) is 2. The molecule has 2 aromatic rings. The lowest BCUT2D eigenvalue weighted by molar-refractivity contribution is 1.22. The molecule has 1 aromatic carbocycles. The number of benzene rings is 1. The molecular formula is C11H8Cl4N4. The summed E-state index contributed by atoms with van der Waals surface area (Å²) in [5.74, 6) is 5.96. The summed E-state index contributed by atoms with van der Waals surface area (Å²) in [4.78, 5) is 4.14. The van der Waals surface area contributed by atoms with Crippen molar-refractivity contribution < 1.29 is 0 Å². The highest BCUT2D eigenvalue weighted by Gasteiger charge is 2.11. The van der Waals surface area contributed by atoms with Gasteiger partial charge in [0.05, 0.1) is 25.8 Å². The number of aromatic nitrogens is 1. The van der Waals surface area contributed by atoms with E-state index < -0.39 is 0 Å². The highest BCUT2D eigenvalue weighted by atomic mass is 35.5. The number of hydrogen-bond acceptors (Lipinski definition) is 4. The van der Waals surface area contributed by atoms with Gasteiger partial charge in [0, 0.05) is 0 Å². The van der Waals surface area contributed by atoms with Crippen molar-refractivity contribution in [2.45, 2.75) is 0 Å². The number of hydrazine groups is 1. The van der Waals surface area contributed by atoms with Crippen molar-refractivity contribution >= 4 is 63.7 Å². The van der Waals surface area contributed by atoms with Gasteiger partial charge in [-0.05, 0) is 18.2 Å². The van der Waals surface area contributed by atoms with Gasteiger partial charge in [0.1, 0.15) is 0 Å². The second kappa shape index (κ2) is 6.03. The van der Waals surface area contributed by atoms with Gasteiger partial charge in [0.2, 0.25) is 0 Å². The number of nitrogen functional groups attached to an aromatic ring is 1. The van der Waals surface area contributed by atoms with Crippen molar-refractivity contribution in [3.8, 4) is 0 Å². The first-order chi connectivity index (χ1) is 9.02. The average Bonchev–Trinajstić information content (AvgIpc) is 2.38. The van der Waals surface area contributed by atoms with E-state index in [0.717, 1.165) is 0 Å². The lowest BCUT2D eigenvalue weighted by Gasteiger charge is -2.12. The van der Waals surface area contributed by atoms with Crippen LogP contribution in [-0.4, -0.2) is 4.98 Å². The minimum atomic E-state index is 0.298.